The van der Waals surface area contributed by atoms with Crippen LogP contribution in [0.3, 0.4) is 0 Å². The van der Waals surface area contributed by atoms with Crippen LogP contribution in [0.5, 0.6) is 5.75 Å². The Hall–Kier alpha value is -2.87. The molecule has 0 saturated heterocycles. The maximum absolute atomic E-state index is 11.3. The monoisotopic (exact) mass is 396 g/mol. The molecular formula is C20H20N4O3S. The van der Waals surface area contributed by atoms with E-state index in [9.17, 15) is 10.1 Å². The summed E-state index contributed by atoms with van der Waals surface area (Å²) in [4.78, 5) is 24.4. The SMILES string of the molecule is O=[N+]([O-])c1ncc(-c2cnc(C3CCCCC3)s2)cc1OCc1ccncc1. The number of nitrogens with zero attached hydrogens (tertiary/aromatic N) is 4. The third kappa shape index (κ3) is 4.17. The van der Waals surface area contributed by atoms with Crippen molar-refractivity contribution in [3.8, 4) is 16.2 Å². The molecule has 0 spiro atoms. The van der Waals surface area contributed by atoms with E-state index in [1.807, 2.05) is 18.3 Å². The molecule has 0 N–H and O–H groups in total. The van der Waals surface area contributed by atoms with Gasteiger partial charge in [-0.05, 0) is 40.4 Å². The molecule has 0 bridgehead atoms. The number of rotatable bonds is 6. The van der Waals surface area contributed by atoms with E-state index in [-0.39, 0.29) is 18.2 Å². The molecule has 28 heavy (non-hydrogen) atoms. The molecule has 0 amide bonds. The third-order valence-corrected chi connectivity index (χ3v) is 6.12. The molecule has 3 aromatic rings. The van der Waals surface area contributed by atoms with E-state index >= 15 is 0 Å². The van der Waals surface area contributed by atoms with Crippen molar-refractivity contribution < 1.29 is 9.66 Å². The zero-order valence-electron chi connectivity index (χ0n) is 15.3. The minimum Gasteiger partial charge on any atom is -0.481 e. The Kier molecular flexibility index (Phi) is 5.57. The highest BCUT2D eigenvalue weighted by Gasteiger charge is 2.22. The van der Waals surface area contributed by atoms with Gasteiger partial charge >= 0.3 is 5.82 Å². The predicted octanol–water partition coefficient (Wildman–Crippen LogP) is 5.14. The van der Waals surface area contributed by atoms with E-state index in [4.69, 9.17) is 4.74 Å². The van der Waals surface area contributed by atoms with Gasteiger partial charge in [0, 0.05) is 36.1 Å². The van der Waals surface area contributed by atoms with Crippen molar-refractivity contribution >= 4 is 17.2 Å². The van der Waals surface area contributed by atoms with Crippen LogP contribution in [0.1, 0.15) is 48.6 Å². The summed E-state index contributed by atoms with van der Waals surface area (Å²) in [5, 5.41) is 12.5. The first kappa shape index (κ1) is 18.5. The van der Waals surface area contributed by atoms with Crippen molar-refractivity contribution in [3.05, 3.63) is 63.7 Å². The lowest BCUT2D eigenvalue weighted by Gasteiger charge is -2.18. The second-order valence-electron chi connectivity index (χ2n) is 6.84. The van der Waals surface area contributed by atoms with Crippen LogP contribution in [-0.2, 0) is 6.61 Å². The van der Waals surface area contributed by atoms with E-state index in [1.165, 1.54) is 38.3 Å². The molecule has 1 fully saturated rings. The molecule has 0 atom stereocenters. The highest BCUT2D eigenvalue weighted by molar-refractivity contribution is 7.15. The maximum atomic E-state index is 11.3. The fraction of sp³-hybridized carbons (Fsp3) is 0.350. The van der Waals surface area contributed by atoms with Gasteiger partial charge in [-0.2, -0.15) is 0 Å². The summed E-state index contributed by atoms with van der Waals surface area (Å²) in [5.74, 6) is 0.405. The highest BCUT2D eigenvalue weighted by Crippen LogP contribution is 2.39. The molecule has 7 nitrogen and oxygen atoms in total. The fourth-order valence-electron chi connectivity index (χ4n) is 3.41. The number of hydrogen-bond acceptors (Lipinski definition) is 7. The summed E-state index contributed by atoms with van der Waals surface area (Å²) in [7, 11) is 0. The second kappa shape index (κ2) is 8.43. The molecule has 1 aliphatic rings. The first-order chi connectivity index (χ1) is 13.7. The van der Waals surface area contributed by atoms with Gasteiger partial charge < -0.3 is 14.9 Å². The van der Waals surface area contributed by atoms with Gasteiger partial charge in [-0.15, -0.1) is 11.3 Å². The Morgan fingerprint density at radius 3 is 2.68 bits per heavy atom. The van der Waals surface area contributed by atoms with Crippen molar-refractivity contribution in [2.24, 2.45) is 0 Å². The average Bonchev–Trinajstić information content (AvgIpc) is 3.24. The largest absolute Gasteiger partial charge is 0.481 e. The molecule has 0 aliphatic heterocycles. The molecule has 3 heterocycles. The van der Waals surface area contributed by atoms with Crippen LogP contribution in [0.4, 0.5) is 5.82 Å². The Labute approximate surface area is 166 Å². The molecule has 0 radical (unpaired) electrons. The maximum Gasteiger partial charge on any atom is 0.406 e. The number of thiazole rings is 1. The number of ether oxygens (including phenoxy) is 1. The lowest BCUT2D eigenvalue weighted by Crippen LogP contribution is -2.03. The average molecular weight is 396 g/mol. The molecule has 0 aromatic carbocycles. The number of hydrogen-bond donors (Lipinski definition) is 0. The third-order valence-electron chi connectivity index (χ3n) is 4.91. The minimum absolute atomic E-state index is 0.159. The minimum atomic E-state index is -0.522. The van der Waals surface area contributed by atoms with Crippen molar-refractivity contribution in [1.82, 2.24) is 15.0 Å². The molecular weight excluding hydrogens is 376 g/mol. The van der Waals surface area contributed by atoms with Gasteiger partial charge in [0.25, 0.3) is 0 Å². The standard InChI is InChI=1S/C20H20N4O3S/c25-24(26)19-17(27-13-14-6-8-21-9-7-14)10-16(11-22-19)18-12-23-20(28-18)15-4-2-1-3-5-15/h6-12,15H,1-5,13H2. The molecule has 1 aliphatic carbocycles. The van der Waals surface area contributed by atoms with Gasteiger partial charge in [-0.3, -0.25) is 4.98 Å². The molecule has 144 valence electrons. The van der Waals surface area contributed by atoms with Crippen LogP contribution >= 0.6 is 11.3 Å². The zero-order valence-corrected chi connectivity index (χ0v) is 16.1. The quantitative estimate of drug-likeness (QED) is 0.423. The van der Waals surface area contributed by atoms with Crippen molar-refractivity contribution in [3.63, 3.8) is 0 Å². The van der Waals surface area contributed by atoms with Crippen LogP contribution in [0, 0.1) is 10.1 Å². The summed E-state index contributed by atoms with van der Waals surface area (Å²) < 4.78 is 5.72. The van der Waals surface area contributed by atoms with E-state index in [2.05, 4.69) is 15.0 Å². The highest BCUT2D eigenvalue weighted by atomic mass is 32.1. The van der Waals surface area contributed by atoms with Crippen LogP contribution in [0.15, 0.2) is 43.0 Å². The normalized spacial score (nSPS) is 14.7. The number of nitro groups is 1. The predicted molar refractivity (Wildman–Crippen MR) is 106 cm³/mol. The summed E-state index contributed by atoms with van der Waals surface area (Å²) in [6.45, 7) is 0.213. The van der Waals surface area contributed by atoms with Gasteiger partial charge in [0.05, 0.1) is 9.88 Å². The topological polar surface area (TPSA) is 91.0 Å². The Morgan fingerprint density at radius 2 is 1.93 bits per heavy atom. The Balaban J connectivity index is 1.57. The Bertz CT molecular complexity index is 955. The van der Waals surface area contributed by atoms with Crippen molar-refractivity contribution in [2.75, 3.05) is 0 Å². The fourth-order valence-corrected chi connectivity index (χ4v) is 4.48. The molecule has 1 saturated carbocycles. The van der Waals surface area contributed by atoms with Crippen LogP contribution < -0.4 is 4.74 Å². The van der Waals surface area contributed by atoms with Crippen molar-refractivity contribution in [2.45, 2.75) is 44.6 Å². The van der Waals surface area contributed by atoms with Gasteiger partial charge in [0.2, 0.25) is 5.75 Å². The van der Waals surface area contributed by atoms with Gasteiger partial charge in [-0.1, -0.05) is 19.3 Å². The van der Waals surface area contributed by atoms with E-state index < -0.39 is 4.92 Å². The molecule has 0 unspecified atom stereocenters. The summed E-state index contributed by atoms with van der Waals surface area (Å²) in [6.07, 6.45) is 12.9. The number of pyridine rings is 2. The molecule has 8 heteroatoms. The molecule has 3 aromatic heterocycles. The van der Waals surface area contributed by atoms with Gasteiger partial charge in [-0.25, -0.2) is 4.98 Å². The summed E-state index contributed by atoms with van der Waals surface area (Å²) in [6, 6.07) is 5.30. The van der Waals surface area contributed by atoms with E-state index in [1.54, 1.807) is 29.8 Å². The first-order valence-electron chi connectivity index (χ1n) is 9.33. The lowest BCUT2D eigenvalue weighted by atomic mass is 9.90. The van der Waals surface area contributed by atoms with Crippen molar-refractivity contribution in [1.29, 1.82) is 0 Å². The van der Waals surface area contributed by atoms with Crippen LogP contribution in [0.25, 0.3) is 10.4 Å². The van der Waals surface area contributed by atoms with Crippen LogP contribution in [-0.4, -0.2) is 19.9 Å². The lowest BCUT2D eigenvalue weighted by molar-refractivity contribution is -0.390. The first-order valence-corrected chi connectivity index (χ1v) is 10.1. The van der Waals surface area contributed by atoms with Gasteiger partial charge in [0.15, 0.2) is 0 Å². The Morgan fingerprint density at radius 1 is 1.14 bits per heavy atom. The summed E-state index contributed by atoms with van der Waals surface area (Å²) in [5.41, 5.74) is 1.67. The van der Waals surface area contributed by atoms with Crippen LogP contribution in [0.2, 0.25) is 0 Å². The smallest absolute Gasteiger partial charge is 0.406 e. The van der Waals surface area contributed by atoms with Gasteiger partial charge in [0.1, 0.15) is 12.8 Å². The zero-order chi connectivity index (χ0) is 19.3. The number of aromatic nitrogens is 3. The summed E-state index contributed by atoms with van der Waals surface area (Å²) >= 11 is 1.65. The van der Waals surface area contributed by atoms with E-state index in [0.717, 1.165) is 21.0 Å². The second-order valence-corrected chi connectivity index (χ2v) is 7.91. The molecule has 4 rings (SSSR count). The van der Waals surface area contributed by atoms with E-state index in [0.29, 0.717) is 5.92 Å².